The van der Waals surface area contributed by atoms with Gasteiger partial charge in [0, 0.05) is 28.6 Å². The molecule has 0 spiro atoms. The molecule has 0 amide bonds. The predicted molar refractivity (Wildman–Crippen MR) is 102 cm³/mol. The topological polar surface area (TPSA) is 113 Å². The van der Waals surface area contributed by atoms with Crippen molar-refractivity contribution in [1.29, 1.82) is 0 Å². The van der Waals surface area contributed by atoms with Gasteiger partial charge < -0.3 is 20.1 Å². The van der Waals surface area contributed by atoms with Crippen molar-refractivity contribution < 1.29 is 15.0 Å². The quantitative estimate of drug-likeness (QED) is 0.457. The second kappa shape index (κ2) is 5.59. The smallest absolute Gasteiger partial charge is 0.194 e. The average Bonchev–Trinajstić information content (AvgIpc) is 3.10. The van der Waals surface area contributed by atoms with E-state index in [2.05, 4.69) is 42.9 Å². The standard InChI is InChI=1S/C17H20IN5O3/c1-7(24)17-5-9(17)11(12(25)13(17)26)23-6-19-10-14(20-8-3-2-4-8)21-16(18)22-15(10)23/h6,8-9,11-13,25-26H,2-5H2,1H3,(H,20,21,22)/t9?,11-,12+,13?,17+/m1/s1. The summed E-state index contributed by atoms with van der Waals surface area (Å²) in [4.78, 5) is 25.6. The van der Waals surface area contributed by atoms with Gasteiger partial charge in [-0.15, -0.1) is 0 Å². The van der Waals surface area contributed by atoms with Gasteiger partial charge in [-0.25, -0.2) is 15.0 Å². The molecule has 5 rings (SSSR count). The molecule has 0 saturated heterocycles. The average molecular weight is 469 g/mol. The van der Waals surface area contributed by atoms with Crippen LogP contribution in [0.4, 0.5) is 5.82 Å². The zero-order valence-corrected chi connectivity index (χ0v) is 16.4. The molecular formula is C17H20IN5O3. The van der Waals surface area contributed by atoms with Crippen LogP contribution in [0, 0.1) is 15.2 Å². The van der Waals surface area contributed by atoms with E-state index in [1.807, 2.05) is 4.57 Å². The number of aromatic nitrogens is 4. The molecule has 26 heavy (non-hydrogen) atoms. The molecule has 138 valence electrons. The van der Waals surface area contributed by atoms with E-state index in [-0.39, 0.29) is 11.7 Å². The second-order valence-electron chi connectivity index (χ2n) is 7.77. The Morgan fingerprint density at radius 3 is 2.77 bits per heavy atom. The Balaban J connectivity index is 1.57. The van der Waals surface area contributed by atoms with Crippen LogP contribution in [0.2, 0.25) is 0 Å². The van der Waals surface area contributed by atoms with Crippen LogP contribution in [0.1, 0.15) is 38.6 Å². The van der Waals surface area contributed by atoms with Gasteiger partial charge in [0.2, 0.25) is 0 Å². The number of carbonyl (C=O) groups is 1. The summed E-state index contributed by atoms with van der Waals surface area (Å²) in [7, 11) is 0. The summed E-state index contributed by atoms with van der Waals surface area (Å²) in [6.07, 6.45) is 3.67. The Kier molecular flexibility index (Phi) is 3.61. The first kappa shape index (κ1) is 16.8. The summed E-state index contributed by atoms with van der Waals surface area (Å²) in [6.45, 7) is 1.50. The Morgan fingerprint density at radius 2 is 2.15 bits per heavy atom. The van der Waals surface area contributed by atoms with Crippen LogP contribution >= 0.6 is 22.6 Å². The van der Waals surface area contributed by atoms with Gasteiger partial charge in [-0.3, -0.25) is 4.79 Å². The molecule has 2 aromatic rings. The lowest BCUT2D eigenvalue weighted by molar-refractivity contribution is -0.128. The van der Waals surface area contributed by atoms with Crippen molar-refractivity contribution in [1.82, 2.24) is 19.5 Å². The monoisotopic (exact) mass is 469 g/mol. The number of aliphatic hydroxyl groups excluding tert-OH is 2. The largest absolute Gasteiger partial charge is 0.389 e. The molecule has 0 bridgehead atoms. The van der Waals surface area contributed by atoms with Gasteiger partial charge >= 0.3 is 0 Å². The number of aliphatic hydroxyl groups is 2. The molecule has 3 fully saturated rings. The van der Waals surface area contributed by atoms with Crippen LogP contribution in [-0.2, 0) is 4.79 Å². The van der Waals surface area contributed by atoms with E-state index in [9.17, 15) is 15.0 Å². The van der Waals surface area contributed by atoms with E-state index in [1.165, 1.54) is 13.3 Å². The van der Waals surface area contributed by atoms with Gasteiger partial charge in [-0.1, -0.05) is 0 Å². The Hall–Kier alpha value is -1.33. The zero-order chi connectivity index (χ0) is 18.2. The van der Waals surface area contributed by atoms with Crippen LogP contribution < -0.4 is 5.32 Å². The SMILES string of the molecule is CC(=O)[C@@]12CC1[C@@H](n1cnc3c(NC4CCC4)nc(I)nc31)[C@H](O)C2O. The molecule has 3 aliphatic carbocycles. The summed E-state index contributed by atoms with van der Waals surface area (Å²) in [5.41, 5.74) is 0.488. The van der Waals surface area contributed by atoms with Crippen molar-refractivity contribution in [3.63, 3.8) is 0 Å². The molecule has 0 radical (unpaired) electrons. The fraction of sp³-hybridized carbons (Fsp3) is 0.647. The van der Waals surface area contributed by atoms with Crippen molar-refractivity contribution in [2.75, 3.05) is 5.32 Å². The lowest BCUT2D eigenvalue weighted by Crippen LogP contribution is -2.36. The van der Waals surface area contributed by atoms with Crippen molar-refractivity contribution in [2.45, 2.75) is 56.9 Å². The third-order valence-corrected chi connectivity index (χ3v) is 6.97. The molecule has 5 atom stereocenters. The number of carbonyl (C=O) groups excluding carboxylic acids is 1. The van der Waals surface area contributed by atoms with Gasteiger partial charge in [0.05, 0.1) is 23.9 Å². The molecular weight excluding hydrogens is 449 g/mol. The number of rotatable bonds is 4. The van der Waals surface area contributed by atoms with Crippen LogP contribution in [0.5, 0.6) is 0 Å². The number of nitrogens with one attached hydrogen (secondary N) is 1. The van der Waals surface area contributed by atoms with Crippen molar-refractivity contribution in [2.24, 2.45) is 11.3 Å². The molecule has 3 N–H and O–H groups in total. The van der Waals surface area contributed by atoms with Crippen molar-refractivity contribution in [3.8, 4) is 0 Å². The van der Waals surface area contributed by atoms with Crippen molar-refractivity contribution in [3.05, 3.63) is 10.2 Å². The molecule has 8 nitrogen and oxygen atoms in total. The number of nitrogens with zero attached hydrogens (tertiary/aromatic N) is 4. The third kappa shape index (κ3) is 2.13. The molecule has 2 heterocycles. The molecule has 3 saturated carbocycles. The lowest BCUT2D eigenvalue weighted by atomic mass is 9.93. The van der Waals surface area contributed by atoms with E-state index in [0.717, 1.165) is 12.8 Å². The van der Waals surface area contributed by atoms with E-state index >= 15 is 0 Å². The number of imidazole rings is 1. The first-order chi connectivity index (χ1) is 12.4. The summed E-state index contributed by atoms with van der Waals surface area (Å²) in [5.74, 6) is 0.570. The maximum atomic E-state index is 12.1. The molecule has 3 aliphatic rings. The summed E-state index contributed by atoms with van der Waals surface area (Å²) >= 11 is 2.08. The molecule has 2 unspecified atom stereocenters. The first-order valence-electron chi connectivity index (χ1n) is 8.97. The number of hydrogen-bond acceptors (Lipinski definition) is 7. The maximum absolute atomic E-state index is 12.1. The number of hydrogen-bond donors (Lipinski definition) is 3. The molecule has 9 heteroatoms. The highest BCUT2D eigenvalue weighted by atomic mass is 127. The minimum Gasteiger partial charge on any atom is -0.389 e. The summed E-state index contributed by atoms with van der Waals surface area (Å²) in [5, 5.41) is 24.5. The summed E-state index contributed by atoms with van der Waals surface area (Å²) in [6, 6.07) is 0.0166. The fourth-order valence-corrected chi connectivity index (χ4v) is 5.20. The Bertz CT molecular complexity index is 913. The summed E-state index contributed by atoms with van der Waals surface area (Å²) < 4.78 is 2.42. The van der Waals surface area contributed by atoms with E-state index in [0.29, 0.717) is 33.3 Å². The Labute approximate surface area is 163 Å². The number of halogens is 1. The number of Topliss-reactive ketones (excluding diaryl/α,β-unsaturated/α-hetero) is 1. The molecule has 0 aliphatic heterocycles. The lowest BCUT2D eigenvalue weighted by Gasteiger charge is -2.27. The number of ketones is 1. The highest BCUT2D eigenvalue weighted by Gasteiger charge is 2.74. The van der Waals surface area contributed by atoms with E-state index < -0.39 is 23.7 Å². The fourth-order valence-electron chi connectivity index (χ4n) is 4.73. The zero-order valence-electron chi connectivity index (χ0n) is 14.3. The van der Waals surface area contributed by atoms with Gasteiger partial charge in [0.25, 0.3) is 0 Å². The maximum Gasteiger partial charge on any atom is 0.194 e. The van der Waals surface area contributed by atoms with Gasteiger partial charge in [0.15, 0.2) is 20.8 Å². The van der Waals surface area contributed by atoms with E-state index in [4.69, 9.17) is 0 Å². The minimum absolute atomic E-state index is 0.0579. The normalized spacial score (nSPS) is 36.0. The minimum atomic E-state index is -1.04. The third-order valence-electron chi connectivity index (χ3n) is 6.49. The van der Waals surface area contributed by atoms with Gasteiger partial charge in [-0.2, -0.15) is 0 Å². The van der Waals surface area contributed by atoms with Gasteiger partial charge in [0.1, 0.15) is 11.9 Å². The molecule has 2 aromatic heterocycles. The van der Waals surface area contributed by atoms with Crippen LogP contribution in [0.15, 0.2) is 6.33 Å². The van der Waals surface area contributed by atoms with Gasteiger partial charge in [-0.05, 0) is 38.5 Å². The highest BCUT2D eigenvalue weighted by molar-refractivity contribution is 14.1. The van der Waals surface area contributed by atoms with Crippen molar-refractivity contribution >= 4 is 45.4 Å². The molecule has 0 aromatic carbocycles. The first-order valence-corrected chi connectivity index (χ1v) is 10.0. The second-order valence-corrected chi connectivity index (χ2v) is 8.74. The van der Waals surface area contributed by atoms with E-state index in [1.54, 1.807) is 6.33 Å². The highest BCUT2D eigenvalue weighted by Crippen LogP contribution is 2.68. The predicted octanol–water partition coefficient (Wildman–Crippen LogP) is 1.27. The number of anilines is 1. The Morgan fingerprint density at radius 1 is 1.38 bits per heavy atom. The van der Waals surface area contributed by atoms with Crippen LogP contribution in [0.3, 0.4) is 0 Å². The van der Waals surface area contributed by atoms with Crippen LogP contribution in [-0.4, -0.2) is 53.8 Å². The van der Waals surface area contributed by atoms with Crippen LogP contribution in [0.25, 0.3) is 11.2 Å². The number of fused-ring (bicyclic) bond motifs is 2.